The summed E-state index contributed by atoms with van der Waals surface area (Å²) in [6, 6.07) is 6.96. The summed E-state index contributed by atoms with van der Waals surface area (Å²) >= 11 is 0. The van der Waals surface area contributed by atoms with Crippen molar-refractivity contribution in [2.45, 2.75) is 26.3 Å². The third-order valence-electron chi connectivity index (χ3n) is 4.60. The van der Waals surface area contributed by atoms with E-state index in [2.05, 4.69) is 4.98 Å². The molecule has 1 aromatic heterocycles. The van der Waals surface area contributed by atoms with Gasteiger partial charge in [0, 0.05) is 13.1 Å². The Morgan fingerprint density at radius 1 is 1.33 bits per heavy atom. The minimum Gasteiger partial charge on any atom is -0.481 e. The van der Waals surface area contributed by atoms with Crippen LogP contribution in [0.1, 0.15) is 19.8 Å². The molecule has 1 atom stereocenters. The zero-order chi connectivity index (χ0) is 17.3. The lowest BCUT2D eigenvalue weighted by Crippen LogP contribution is -2.49. The maximum atomic E-state index is 12.5. The first-order valence-corrected chi connectivity index (χ1v) is 7.86. The summed E-state index contributed by atoms with van der Waals surface area (Å²) in [6.45, 7) is 2.19. The van der Waals surface area contributed by atoms with Crippen LogP contribution in [0.15, 0.2) is 35.4 Å². The van der Waals surface area contributed by atoms with Crippen LogP contribution in [0.25, 0.3) is 10.9 Å². The third-order valence-corrected chi connectivity index (χ3v) is 4.60. The smallest absolute Gasteiger partial charge is 0.311 e. The van der Waals surface area contributed by atoms with Gasteiger partial charge in [-0.1, -0.05) is 12.1 Å². The van der Waals surface area contributed by atoms with Gasteiger partial charge in [0.1, 0.15) is 6.54 Å². The van der Waals surface area contributed by atoms with Crippen LogP contribution >= 0.6 is 0 Å². The number of amides is 1. The molecule has 2 heterocycles. The lowest BCUT2D eigenvalue weighted by atomic mass is 9.82. The molecule has 1 aromatic carbocycles. The van der Waals surface area contributed by atoms with E-state index >= 15 is 0 Å². The Morgan fingerprint density at radius 2 is 2.08 bits per heavy atom. The monoisotopic (exact) mass is 329 g/mol. The molecule has 126 valence electrons. The number of aliphatic carboxylic acids is 1. The standard InChI is InChI=1S/C17H19N3O4/c1-17(16(23)24)7-4-8-19(10-17)14(21)9-20-11-18-13-6-3-2-5-12(13)15(20)22/h2-3,5-6,11H,4,7-10H2,1H3,(H,23,24). The van der Waals surface area contributed by atoms with E-state index in [4.69, 9.17) is 0 Å². The molecule has 0 bridgehead atoms. The van der Waals surface area contributed by atoms with E-state index in [1.165, 1.54) is 15.8 Å². The number of rotatable bonds is 3. The molecule has 24 heavy (non-hydrogen) atoms. The van der Waals surface area contributed by atoms with Crippen LogP contribution in [0, 0.1) is 5.41 Å². The van der Waals surface area contributed by atoms with Crippen molar-refractivity contribution in [1.82, 2.24) is 14.5 Å². The fraction of sp³-hybridized carbons (Fsp3) is 0.412. The average Bonchev–Trinajstić information content (AvgIpc) is 2.57. The second-order valence-corrected chi connectivity index (χ2v) is 6.48. The van der Waals surface area contributed by atoms with Gasteiger partial charge in [-0.15, -0.1) is 0 Å². The molecule has 0 radical (unpaired) electrons. The highest BCUT2D eigenvalue weighted by Gasteiger charge is 2.39. The number of carboxylic acids is 1. The molecule has 1 aliphatic heterocycles. The predicted octanol–water partition coefficient (Wildman–Crippen LogP) is 1.11. The topological polar surface area (TPSA) is 92.5 Å². The maximum absolute atomic E-state index is 12.5. The summed E-state index contributed by atoms with van der Waals surface area (Å²) in [5, 5.41) is 9.81. The molecular formula is C17H19N3O4. The zero-order valence-electron chi connectivity index (χ0n) is 13.4. The molecule has 1 aliphatic rings. The Hall–Kier alpha value is -2.70. The van der Waals surface area contributed by atoms with Crippen molar-refractivity contribution in [2.75, 3.05) is 13.1 Å². The molecule has 1 N–H and O–H groups in total. The van der Waals surface area contributed by atoms with E-state index in [-0.39, 0.29) is 24.6 Å². The number of likely N-dealkylation sites (tertiary alicyclic amines) is 1. The molecule has 0 aliphatic carbocycles. The van der Waals surface area contributed by atoms with E-state index in [0.29, 0.717) is 30.3 Å². The minimum atomic E-state index is -0.930. The molecule has 7 heteroatoms. The van der Waals surface area contributed by atoms with Gasteiger partial charge in [0.15, 0.2) is 0 Å². The Morgan fingerprint density at radius 3 is 2.83 bits per heavy atom. The molecule has 1 fully saturated rings. The second kappa shape index (κ2) is 6.07. The number of aromatic nitrogens is 2. The largest absolute Gasteiger partial charge is 0.481 e. The molecule has 1 saturated heterocycles. The SMILES string of the molecule is CC1(C(=O)O)CCCN(C(=O)Cn2cnc3ccccc3c2=O)C1. The van der Waals surface area contributed by atoms with E-state index in [9.17, 15) is 19.5 Å². The molecule has 1 amide bonds. The van der Waals surface area contributed by atoms with Crippen LogP contribution in [0.4, 0.5) is 0 Å². The third kappa shape index (κ3) is 2.89. The summed E-state index contributed by atoms with van der Waals surface area (Å²) in [5.41, 5.74) is -0.616. The van der Waals surface area contributed by atoms with Gasteiger partial charge in [-0.2, -0.15) is 0 Å². The molecule has 1 unspecified atom stereocenters. The number of hydrogen-bond donors (Lipinski definition) is 1. The summed E-state index contributed by atoms with van der Waals surface area (Å²) in [5.74, 6) is -1.16. The van der Waals surface area contributed by atoms with Crippen molar-refractivity contribution in [3.63, 3.8) is 0 Å². The van der Waals surface area contributed by atoms with E-state index in [1.807, 2.05) is 0 Å². The zero-order valence-corrected chi connectivity index (χ0v) is 13.4. The van der Waals surface area contributed by atoms with Crippen LogP contribution in [0.2, 0.25) is 0 Å². The van der Waals surface area contributed by atoms with Crippen molar-refractivity contribution in [3.05, 3.63) is 40.9 Å². The lowest BCUT2D eigenvalue weighted by molar-refractivity contribution is -0.153. The molecule has 3 rings (SSSR count). The predicted molar refractivity (Wildman–Crippen MR) is 87.6 cm³/mol. The summed E-state index contributed by atoms with van der Waals surface area (Å²) in [7, 11) is 0. The number of benzene rings is 1. The van der Waals surface area contributed by atoms with Crippen molar-refractivity contribution in [3.8, 4) is 0 Å². The average molecular weight is 329 g/mol. The highest BCUT2D eigenvalue weighted by atomic mass is 16.4. The van der Waals surface area contributed by atoms with E-state index < -0.39 is 11.4 Å². The number of carboxylic acid groups (broad SMARTS) is 1. The fourth-order valence-corrected chi connectivity index (χ4v) is 3.09. The van der Waals surface area contributed by atoms with Crippen molar-refractivity contribution in [1.29, 1.82) is 0 Å². The summed E-state index contributed by atoms with van der Waals surface area (Å²) < 4.78 is 1.28. The van der Waals surface area contributed by atoms with Crippen molar-refractivity contribution in [2.24, 2.45) is 5.41 Å². The van der Waals surface area contributed by atoms with Crippen molar-refractivity contribution < 1.29 is 14.7 Å². The van der Waals surface area contributed by atoms with Gasteiger partial charge < -0.3 is 10.0 Å². The van der Waals surface area contributed by atoms with Crippen LogP contribution in [0.5, 0.6) is 0 Å². The van der Waals surface area contributed by atoms with Gasteiger partial charge in [0.05, 0.1) is 22.6 Å². The van der Waals surface area contributed by atoms with Gasteiger partial charge in [-0.25, -0.2) is 4.98 Å². The van der Waals surface area contributed by atoms with E-state index in [1.54, 1.807) is 31.2 Å². The number of fused-ring (bicyclic) bond motifs is 1. The van der Waals surface area contributed by atoms with Gasteiger partial charge in [-0.3, -0.25) is 19.0 Å². The number of piperidine rings is 1. The number of carbonyl (C=O) groups is 2. The van der Waals surface area contributed by atoms with Crippen LogP contribution in [-0.2, 0) is 16.1 Å². The Bertz CT molecular complexity index is 860. The fourth-order valence-electron chi connectivity index (χ4n) is 3.09. The van der Waals surface area contributed by atoms with Crippen LogP contribution in [0.3, 0.4) is 0 Å². The van der Waals surface area contributed by atoms with Crippen LogP contribution < -0.4 is 5.56 Å². The van der Waals surface area contributed by atoms with Gasteiger partial charge in [0.25, 0.3) is 5.56 Å². The Balaban J connectivity index is 1.81. The van der Waals surface area contributed by atoms with Gasteiger partial charge >= 0.3 is 5.97 Å². The Labute approximate surface area is 138 Å². The minimum absolute atomic E-state index is 0.133. The molecule has 7 nitrogen and oxygen atoms in total. The molecule has 0 saturated carbocycles. The molecule has 2 aromatic rings. The van der Waals surface area contributed by atoms with E-state index in [0.717, 1.165) is 0 Å². The molecular weight excluding hydrogens is 310 g/mol. The first-order chi connectivity index (χ1) is 11.4. The first kappa shape index (κ1) is 16.2. The number of carbonyl (C=O) groups excluding carboxylic acids is 1. The second-order valence-electron chi connectivity index (χ2n) is 6.48. The Kier molecular flexibility index (Phi) is 4.09. The summed E-state index contributed by atoms with van der Waals surface area (Å²) in [4.78, 5) is 42.1. The lowest BCUT2D eigenvalue weighted by Gasteiger charge is -2.37. The van der Waals surface area contributed by atoms with Gasteiger partial charge in [-0.05, 0) is 31.9 Å². The number of para-hydroxylation sites is 1. The normalized spacial score (nSPS) is 21.0. The quantitative estimate of drug-likeness (QED) is 0.910. The number of hydrogen-bond acceptors (Lipinski definition) is 4. The molecule has 0 spiro atoms. The number of nitrogens with zero attached hydrogens (tertiary/aromatic N) is 3. The highest BCUT2D eigenvalue weighted by molar-refractivity contribution is 5.80. The van der Waals surface area contributed by atoms with Crippen molar-refractivity contribution >= 4 is 22.8 Å². The van der Waals surface area contributed by atoms with Crippen LogP contribution in [-0.4, -0.2) is 44.5 Å². The first-order valence-electron chi connectivity index (χ1n) is 7.86. The highest BCUT2D eigenvalue weighted by Crippen LogP contribution is 2.29. The van der Waals surface area contributed by atoms with Gasteiger partial charge in [0.2, 0.25) is 5.91 Å². The summed E-state index contributed by atoms with van der Waals surface area (Å²) in [6.07, 6.45) is 2.55. The maximum Gasteiger partial charge on any atom is 0.311 e.